The summed E-state index contributed by atoms with van der Waals surface area (Å²) in [6, 6.07) is 14.7. The van der Waals surface area contributed by atoms with Gasteiger partial charge in [-0.05, 0) is 139 Å². The van der Waals surface area contributed by atoms with Gasteiger partial charge >= 0.3 is 0 Å². The molecule has 262 valence electrons. The summed E-state index contributed by atoms with van der Waals surface area (Å²) in [7, 11) is 0. The lowest BCUT2D eigenvalue weighted by Gasteiger charge is -2.13. The molecular weight excluding hydrogens is 620 g/mol. The van der Waals surface area contributed by atoms with E-state index in [1.165, 1.54) is 27.8 Å². The van der Waals surface area contributed by atoms with Crippen molar-refractivity contribution in [3.63, 3.8) is 0 Å². The predicted octanol–water partition coefficient (Wildman–Crippen LogP) is 9.27. The second-order valence-electron chi connectivity index (χ2n) is 13.4. The van der Waals surface area contributed by atoms with Crippen molar-refractivity contribution in [2.24, 2.45) is 0 Å². The van der Waals surface area contributed by atoms with Crippen molar-refractivity contribution in [2.45, 2.75) is 99.5 Å². The molecule has 0 saturated carbocycles. The molecule has 7 heteroatoms. The second kappa shape index (κ2) is 15.3. The highest BCUT2D eigenvalue weighted by Gasteiger charge is 2.26. The average Bonchev–Trinajstić information content (AvgIpc) is 3.83. The first-order valence-corrected chi connectivity index (χ1v) is 18.5. The molecular formula is C43H52N4O3. The number of fused-ring (bicyclic) bond motifs is 8. The van der Waals surface area contributed by atoms with E-state index in [9.17, 15) is 15.3 Å². The molecule has 0 aliphatic carbocycles. The van der Waals surface area contributed by atoms with Gasteiger partial charge in [-0.25, -0.2) is 9.97 Å². The van der Waals surface area contributed by atoms with Crippen molar-refractivity contribution < 1.29 is 15.3 Å². The van der Waals surface area contributed by atoms with Crippen molar-refractivity contribution in [2.75, 3.05) is 13.2 Å². The number of aliphatic hydroxyl groups is 3. The van der Waals surface area contributed by atoms with Crippen molar-refractivity contribution in [1.82, 2.24) is 19.9 Å². The summed E-state index contributed by atoms with van der Waals surface area (Å²) in [5, 5.41) is 30.3. The average molecular weight is 673 g/mol. The summed E-state index contributed by atoms with van der Waals surface area (Å²) in [4.78, 5) is 18.4. The van der Waals surface area contributed by atoms with Gasteiger partial charge in [-0.15, -0.1) is 0 Å². The molecule has 3 aromatic heterocycles. The van der Waals surface area contributed by atoms with Crippen LogP contribution in [0.3, 0.4) is 0 Å². The highest BCUT2D eigenvalue weighted by molar-refractivity contribution is 6.02. The van der Waals surface area contributed by atoms with Gasteiger partial charge in [0.15, 0.2) is 0 Å². The minimum absolute atomic E-state index is 0.0726. The number of rotatable bonds is 12. The molecule has 0 amide bonds. The maximum Gasteiger partial charge on any atom is 0.0771 e. The first-order valence-electron chi connectivity index (χ1n) is 18.5. The number of nitrogens with one attached hydrogen (secondary N) is 2. The summed E-state index contributed by atoms with van der Waals surface area (Å²) >= 11 is 0. The second-order valence-corrected chi connectivity index (χ2v) is 13.4. The third kappa shape index (κ3) is 6.27. The van der Waals surface area contributed by atoms with Crippen LogP contribution in [0.4, 0.5) is 0 Å². The zero-order chi connectivity index (χ0) is 35.5. The summed E-state index contributed by atoms with van der Waals surface area (Å²) in [5.41, 5.74) is 20.3. The molecule has 0 radical (unpaired) electrons. The molecule has 2 aliphatic heterocycles. The standard InChI is InChI=1S/C43H52N4O3/c1-7-28-30(9-3)42-41(34-16-12-11-15-27(34)24-50)43-31(10-4)29(8-2)38(47-43)22-36-26(6)33(18-14-20-49)40(45-36)23-39-32(17-13-19-48)25(5)35(44-39)21-37(28)46-42/h11-12,15-16,21-23,44,47-50H,7-10,13-14,17-20,24H2,1-6H3. The van der Waals surface area contributed by atoms with Gasteiger partial charge in [0.25, 0.3) is 0 Å². The van der Waals surface area contributed by atoms with Gasteiger partial charge in [0.1, 0.15) is 0 Å². The number of nitrogens with zero attached hydrogens (tertiary/aromatic N) is 2. The van der Waals surface area contributed by atoms with E-state index in [-0.39, 0.29) is 19.8 Å². The van der Waals surface area contributed by atoms with E-state index >= 15 is 0 Å². The number of aromatic amines is 2. The third-order valence-electron chi connectivity index (χ3n) is 10.7. The van der Waals surface area contributed by atoms with Crippen LogP contribution in [-0.2, 0) is 25.9 Å². The lowest BCUT2D eigenvalue weighted by molar-refractivity contribution is 0.282. The van der Waals surface area contributed by atoms with Gasteiger partial charge in [-0.2, -0.15) is 0 Å². The molecule has 0 spiro atoms. The molecule has 6 rings (SSSR count). The Morgan fingerprint density at radius 3 is 1.94 bits per heavy atom. The molecule has 0 atom stereocenters. The fourth-order valence-corrected chi connectivity index (χ4v) is 8.06. The van der Waals surface area contributed by atoms with E-state index in [2.05, 4.69) is 75.8 Å². The van der Waals surface area contributed by atoms with Crippen LogP contribution in [0.5, 0.6) is 0 Å². The minimum Gasteiger partial charge on any atom is -0.396 e. The molecule has 5 N–H and O–H groups in total. The molecule has 2 aliphatic rings. The number of allylic oxidation sites excluding steroid dienone is 4. The van der Waals surface area contributed by atoms with Crippen LogP contribution in [0, 0.1) is 6.92 Å². The van der Waals surface area contributed by atoms with E-state index in [1.807, 2.05) is 18.2 Å². The number of hydrogen-bond acceptors (Lipinski definition) is 5. The Balaban J connectivity index is 1.89. The van der Waals surface area contributed by atoms with E-state index in [0.717, 1.165) is 117 Å². The lowest BCUT2D eigenvalue weighted by Crippen LogP contribution is -1.96. The first kappa shape index (κ1) is 35.5. The fourth-order valence-electron chi connectivity index (χ4n) is 8.06. The van der Waals surface area contributed by atoms with Crippen molar-refractivity contribution in [3.05, 3.63) is 93.1 Å². The number of aryl methyl sites for hydroxylation is 4. The highest BCUT2D eigenvalue weighted by Crippen LogP contribution is 2.43. The van der Waals surface area contributed by atoms with Crippen LogP contribution in [0.2, 0.25) is 0 Å². The number of benzene rings is 1. The highest BCUT2D eigenvalue weighted by atomic mass is 16.3. The van der Waals surface area contributed by atoms with Crippen LogP contribution in [0.25, 0.3) is 55.5 Å². The molecule has 8 bridgehead atoms. The number of aromatic nitrogens is 4. The molecule has 4 aromatic rings. The van der Waals surface area contributed by atoms with Gasteiger partial charge < -0.3 is 25.3 Å². The Labute approximate surface area is 295 Å². The SMILES string of the molecule is CCC1=C(CC)c2nc1cc1[nH]c(cc3nc(cc4[nH]c(c(CC)c4CC)c2-c2ccccc2CO)C(C)=C3CCCO)c(CCCO)c1C. The van der Waals surface area contributed by atoms with E-state index in [1.54, 1.807) is 0 Å². The maximum atomic E-state index is 10.6. The normalized spacial score (nSPS) is 13.2. The molecule has 0 unspecified atom stereocenters. The molecule has 7 nitrogen and oxygen atoms in total. The quantitative estimate of drug-likeness (QED) is 0.103. The van der Waals surface area contributed by atoms with Crippen molar-refractivity contribution >= 4 is 44.4 Å². The largest absolute Gasteiger partial charge is 0.396 e. The third-order valence-corrected chi connectivity index (χ3v) is 10.7. The summed E-state index contributed by atoms with van der Waals surface area (Å²) in [5.74, 6) is 0. The van der Waals surface area contributed by atoms with Crippen LogP contribution < -0.4 is 0 Å². The van der Waals surface area contributed by atoms with Gasteiger partial charge in [-0.3, -0.25) is 0 Å². The van der Waals surface area contributed by atoms with Crippen molar-refractivity contribution in [3.8, 4) is 11.1 Å². The number of H-pyrrole nitrogens is 2. The Morgan fingerprint density at radius 1 is 0.620 bits per heavy atom. The molecule has 5 heterocycles. The zero-order valence-corrected chi connectivity index (χ0v) is 30.6. The van der Waals surface area contributed by atoms with E-state index in [4.69, 9.17) is 9.97 Å². The Kier molecular flexibility index (Phi) is 10.9. The summed E-state index contributed by atoms with van der Waals surface area (Å²) < 4.78 is 0. The van der Waals surface area contributed by atoms with E-state index < -0.39 is 0 Å². The zero-order valence-electron chi connectivity index (χ0n) is 30.6. The first-order chi connectivity index (χ1) is 24.3. The molecule has 0 fully saturated rings. The van der Waals surface area contributed by atoms with Crippen molar-refractivity contribution in [1.29, 1.82) is 0 Å². The predicted molar refractivity (Wildman–Crippen MR) is 207 cm³/mol. The van der Waals surface area contributed by atoms with Gasteiger partial charge in [0, 0.05) is 35.3 Å². The van der Waals surface area contributed by atoms with Crippen LogP contribution in [0.15, 0.2) is 42.5 Å². The topological polar surface area (TPSA) is 118 Å². The van der Waals surface area contributed by atoms with Crippen LogP contribution in [-0.4, -0.2) is 48.5 Å². The molecule has 50 heavy (non-hydrogen) atoms. The Bertz CT molecular complexity index is 2150. The molecule has 1 aromatic carbocycles. The fraction of sp³-hybridized carbons (Fsp3) is 0.395. The van der Waals surface area contributed by atoms with E-state index in [0.29, 0.717) is 12.8 Å². The maximum absolute atomic E-state index is 10.6. The monoisotopic (exact) mass is 672 g/mol. The number of hydrogen-bond donors (Lipinski definition) is 5. The van der Waals surface area contributed by atoms with Gasteiger partial charge in [-0.1, -0.05) is 52.0 Å². The van der Waals surface area contributed by atoms with Gasteiger partial charge in [0.05, 0.1) is 34.9 Å². The number of aliphatic hydroxyl groups excluding tert-OH is 3. The smallest absolute Gasteiger partial charge is 0.0771 e. The molecule has 0 saturated heterocycles. The Hall–Kier alpha value is -4.30. The lowest BCUT2D eigenvalue weighted by atomic mass is 9.91. The Morgan fingerprint density at radius 2 is 1.26 bits per heavy atom. The van der Waals surface area contributed by atoms with Crippen LogP contribution >= 0.6 is 0 Å². The van der Waals surface area contributed by atoms with Gasteiger partial charge in [0.2, 0.25) is 0 Å². The van der Waals surface area contributed by atoms with Crippen LogP contribution in [0.1, 0.15) is 117 Å². The minimum atomic E-state index is -0.0726. The summed E-state index contributed by atoms with van der Waals surface area (Å²) in [6.45, 7) is 13.3. The summed E-state index contributed by atoms with van der Waals surface area (Å²) in [6.07, 6.45) is 6.15.